The average molecular weight is 277 g/mol. The second-order valence-corrected chi connectivity index (χ2v) is 8.23. The third-order valence-electron chi connectivity index (χ3n) is 3.57. The van der Waals surface area contributed by atoms with Crippen molar-refractivity contribution in [2.75, 3.05) is 27.9 Å². The van der Waals surface area contributed by atoms with E-state index < -0.39 is 8.56 Å². The van der Waals surface area contributed by atoms with Gasteiger partial charge in [-0.15, -0.1) is 0 Å². The maximum Gasteiger partial charge on any atom is 0.367 e. The highest BCUT2D eigenvalue weighted by molar-refractivity contribution is 6.69. The maximum atomic E-state index is 5.70. The molecular formula is C13H31NO3Si. The monoisotopic (exact) mass is 277 g/mol. The van der Waals surface area contributed by atoms with E-state index in [4.69, 9.17) is 19.3 Å². The predicted octanol–water partition coefficient (Wildman–Crippen LogP) is 2.45. The van der Waals surface area contributed by atoms with E-state index in [1.807, 2.05) is 6.92 Å². The quantitative estimate of drug-likeness (QED) is 0.784. The lowest BCUT2D eigenvalue weighted by Crippen LogP contribution is -2.58. The first kappa shape index (κ1) is 18.1. The van der Waals surface area contributed by atoms with Crippen molar-refractivity contribution in [3.05, 3.63) is 0 Å². The minimum Gasteiger partial charge on any atom is -0.396 e. The van der Waals surface area contributed by atoms with Crippen molar-refractivity contribution in [3.8, 4) is 0 Å². The van der Waals surface area contributed by atoms with Crippen LogP contribution < -0.4 is 5.73 Å². The van der Waals surface area contributed by atoms with Gasteiger partial charge in [-0.25, -0.2) is 0 Å². The highest BCUT2D eigenvalue weighted by Gasteiger charge is 2.50. The summed E-state index contributed by atoms with van der Waals surface area (Å²) in [5.74, 6) is 0.625. The molecule has 18 heavy (non-hydrogen) atoms. The lowest BCUT2D eigenvalue weighted by Gasteiger charge is -2.42. The normalized spacial score (nSPS) is 26.3. The Balaban J connectivity index is 0.000000873. The van der Waals surface area contributed by atoms with E-state index in [1.54, 1.807) is 21.3 Å². The van der Waals surface area contributed by atoms with Gasteiger partial charge in [-0.3, -0.25) is 0 Å². The molecule has 1 aliphatic rings. The van der Waals surface area contributed by atoms with Crippen LogP contribution in [0.2, 0.25) is 6.04 Å². The molecule has 0 radical (unpaired) electrons. The molecule has 1 saturated heterocycles. The summed E-state index contributed by atoms with van der Waals surface area (Å²) in [6.45, 7) is 4.88. The third-order valence-corrected chi connectivity index (χ3v) is 7.57. The molecule has 1 rings (SSSR count). The molecule has 0 aromatic rings. The molecule has 4 nitrogen and oxygen atoms in total. The van der Waals surface area contributed by atoms with Crippen molar-refractivity contribution in [1.82, 2.24) is 0 Å². The van der Waals surface area contributed by atoms with Gasteiger partial charge in [0.1, 0.15) is 5.73 Å². The zero-order valence-corrected chi connectivity index (χ0v) is 13.7. The van der Waals surface area contributed by atoms with Gasteiger partial charge < -0.3 is 19.3 Å². The summed E-state index contributed by atoms with van der Waals surface area (Å²) in [5, 5.41) is 0. The Morgan fingerprint density at radius 1 is 1.17 bits per heavy atom. The van der Waals surface area contributed by atoms with Crippen LogP contribution in [0.1, 0.15) is 39.5 Å². The van der Waals surface area contributed by atoms with Crippen molar-refractivity contribution < 1.29 is 13.6 Å². The number of ether oxygens (including phenoxy) is 1. The number of nitrogens with two attached hydrogens (primary N) is 1. The molecule has 1 heterocycles. The van der Waals surface area contributed by atoms with Crippen LogP contribution in [0.5, 0.6) is 0 Å². The molecule has 5 heteroatoms. The van der Waals surface area contributed by atoms with E-state index in [-0.39, 0.29) is 5.73 Å². The number of methoxy groups -OCH3 is 1. The van der Waals surface area contributed by atoms with Gasteiger partial charge in [-0.2, -0.15) is 0 Å². The van der Waals surface area contributed by atoms with Crippen LogP contribution in [-0.4, -0.2) is 42.2 Å². The first-order valence-corrected chi connectivity index (χ1v) is 9.08. The first-order chi connectivity index (χ1) is 8.65. The summed E-state index contributed by atoms with van der Waals surface area (Å²) in [7, 11) is 3.26. The van der Waals surface area contributed by atoms with Gasteiger partial charge in [0.15, 0.2) is 0 Å². The summed E-state index contributed by atoms with van der Waals surface area (Å²) >= 11 is 0. The summed E-state index contributed by atoms with van der Waals surface area (Å²) in [4.78, 5) is 0. The van der Waals surface area contributed by atoms with Crippen LogP contribution in [0.15, 0.2) is 0 Å². The van der Waals surface area contributed by atoms with Crippen molar-refractivity contribution in [3.63, 3.8) is 0 Å². The zero-order valence-electron chi connectivity index (χ0n) is 12.7. The van der Waals surface area contributed by atoms with Crippen molar-refractivity contribution >= 4 is 8.56 Å². The van der Waals surface area contributed by atoms with Gasteiger partial charge in [0.05, 0.1) is 0 Å². The van der Waals surface area contributed by atoms with Crippen LogP contribution in [-0.2, 0) is 13.6 Å². The minimum atomic E-state index is -2.08. The summed E-state index contributed by atoms with van der Waals surface area (Å²) in [6.07, 6.45) is 4.91. The molecular weight excluding hydrogens is 246 g/mol. The summed E-state index contributed by atoms with van der Waals surface area (Å²) in [5.41, 5.74) is 5.06. The van der Waals surface area contributed by atoms with Crippen molar-refractivity contribution in [1.29, 1.82) is 0 Å². The standard InChI is InChI=1S/C11H24O3Si.C2H7N/c1-5-7-10-8-6-9-15(13-3,14-4)11(10)12-2;1-2-3/h10-11H,5-9H2,1-4H3;2-3H2,1H3. The maximum absolute atomic E-state index is 5.70. The fraction of sp³-hybridized carbons (Fsp3) is 1.00. The average Bonchev–Trinajstić information content (AvgIpc) is 2.39. The Kier molecular flexibility index (Phi) is 9.95. The van der Waals surface area contributed by atoms with E-state index in [2.05, 4.69) is 6.92 Å². The van der Waals surface area contributed by atoms with E-state index in [9.17, 15) is 0 Å². The van der Waals surface area contributed by atoms with Crippen molar-refractivity contribution in [2.45, 2.75) is 51.3 Å². The fourth-order valence-corrected chi connectivity index (χ4v) is 6.25. The Labute approximate surface area is 113 Å². The third kappa shape index (κ3) is 4.62. The van der Waals surface area contributed by atoms with Gasteiger partial charge >= 0.3 is 8.56 Å². The largest absolute Gasteiger partial charge is 0.396 e. The molecule has 1 aliphatic heterocycles. The van der Waals surface area contributed by atoms with E-state index in [0.717, 1.165) is 12.6 Å². The smallest absolute Gasteiger partial charge is 0.367 e. The molecule has 0 bridgehead atoms. The Hall–Kier alpha value is 0.0569. The van der Waals surface area contributed by atoms with Crippen LogP contribution in [0, 0.1) is 5.92 Å². The molecule has 110 valence electrons. The lowest BCUT2D eigenvalue weighted by atomic mass is 9.98. The summed E-state index contributed by atoms with van der Waals surface area (Å²) < 4.78 is 17.1. The van der Waals surface area contributed by atoms with Crippen LogP contribution >= 0.6 is 0 Å². The van der Waals surface area contributed by atoms with E-state index in [0.29, 0.717) is 5.92 Å². The van der Waals surface area contributed by atoms with Gasteiger partial charge in [0, 0.05) is 21.3 Å². The fourth-order valence-electron chi connectivity index (χ4n) is 2.82. The Morgan fingerprint density at radius 3 is 2.11 bits per heavy atom. The lowest BCUT2D eigenvalue weighted by molar-refractivity contribution is 0.0398. The van der Waals surface area contributed by atoms with Gasteiger partial charge in [-0.05, 0) is 31.3 Å². The predicted molar refractivity (Wildman–Crippen MR) is 77.7 cm³/mol. The van der Waals surface area contributed by atoms with Gasteiger partial charge in [0.25, 0.3) is 0 Å². The number of rotatable bonds is 5. The number of hydrogen-bond donors (Lipinski definition) is 1. The van der Waals surface area contributed by atoms with E-state index in [1.165, 1.54) is 25.7 Å². The molecule has 0 aliphatic carbocycles. The van der Waals surface area contributed by atoms with Gasteiger partial charge in [-0.1, -0.05) is 26.7 Å². The van der Waals surface area contributed by atoms with Crippen LogP contribution in [0.3, 0.4) is 0 Å². The van der Waals surface area contributed by atoms with Gasteiger partial charge in [0.2, 0.25) is 0 Å². The van der Waals surface area contributed by atoms with Crippen LogP contribution in [0.25, 0.3) is 0 Å². The number of hydrogen-bond acceptors (Lipinski definition) is 4. The molecule has 0 amide bonds. The topological polar surface area (TPSA) is 53.7 Å². The highest BCUT2D eigenvalue weighted by atomic mass is 28.4. The SMILES string of the molecule is CCCC1CCC[Si](OC)(OC)C1OC.CCN. The second-order valence-electron chi connectivity index (χ2n) is 4.73. The molecule has 0 saturated carbocycles. The van der Waals surface area contributed by atoms with Crippen LogP contribution in [0.4, 0.5) is 0 Å². The molecule has 2 N–H and O–H groups in total. The molecule has 1 fully saturated rings. The van der Waals surface area contributed by atoms with E-state index >= 15 is 0 Å². The second kappa shape index (κ2) is 9.92. The highest BCUT2D eigenvalue weighted by Crippen LogP contribution is 2.37. The molecule has 2 unspecified atom stereocenters. The zero-order chi connectivity index (χ0) is 14.0. The summed E-state index contributed by atoms with van der Waals surface area (Å²) in [6, 6.07) is 1.07. The molecule has 0 aromatic heterocycles. The molecule has 0 aromatic carbocycles. The Morgan fingerprint density at radius 2 is 1.72 bits per heavy atom. The van der Waals surface area contributed by atoms with Crippen molar-refractivity contribution in [2.24, 2.45) is 11.7 Å². The first-order valence-electron chi connectivity index (χ1n) is 6.98. The minimum absolute atomic E-state index is 0.209. The Bertz CT molecular complexity index is 199. The molecule has 0 spiro atoms. The molecule has 2 atom stereocenters.